The van der Waals surface area contributed by atoms with E-state index in [1.807, 2.05) is 6.07 Å². The highest BCUT2D eigenvalue weighted by molar-refractivity contribution is 5.52. The molecule has 1 aliphatic rings. The first-order valence-electron chi connectivity index (χ1n) is 5.33. The molecule has 2 N–H and O–H groups in total. The van der Waals surface area contributed by atoms with Crippen molar-refractivity contribution in [2.45, 2.75) is 32.6 Å². The lowest BCUT2D eigenvalue weighted by atomic mass is 9.79. The molecule has 0 saturated carbocycles. The van der Waals surface area contributed by atoms with E-state index in [-0.39, 0.29) is 0 Å². The summed E-state index contributed by atoms with van der Waals surface area (Å²) >= 11 is 0. The van der Waals surface area contributed by atoms with Gasteiger partial charge in [-0.25, -0.2) is 4.98 Å². The monoisotopic (exact) mass is 201 g/mol. The number of aromatic nitrogens is 1. The van der Waals surface area contributed by atoms with Gasteiger partial charge < -0.3 is 5.73 Å². The number of nitriles is 1. The first-order valence-corrected chi connectivity index (χ1v) is 5.33. The maximum Gasteiger partial charge on any atom is 0.141 e. The van der Waals surface area contributed by atoms with Crippen LogP contribution in [-0.2, 0) is 6.42 Å². The van der Waals surface area contributed by atoms with Crippen molar-refractivity contribution in [2.24, 2.45) is 5.92 Å². The number of nitrogens with two attached hydrogens (primary N) is 1. The van der Waals surface area contributed by atoms with E-state index in [0.29, 0.717) is 23.2 Å². The first-order chi connectivity index (χ1) is 7.13. The maximum absolute atomic E-state index is 8.87. The highest BCUT2D eigenvalue weighted by Crippen LogP contribution is 2.35. The third-order valence-corrected chi connectivity index (χ3v) is 3.44. The van der Waals surface area contributed by atoms with Gasteiger partial charge in [0.2, 0.25) is 0 Å². The van der Waals surface area contributed by atoms with E-state index in [1.165, 1.54) is 12.0 Å². The molecule has 0 fully saturated rings. The van der Waals surface area contributed by atoms with Gasteiger partial charge in [-0.3, -0.25) is 0 Å². The fourth-order valence-corrected chi connectivity index (χ4v) is 2.17. The summed E-state index contributed by atoms with van der Waals surface area (Å²) in [5.41, 5.74) is 8.53. The molecule has 15 heavy (non-hydrogen) atoms. The van der Waals surface area contributed by atoms with Crippen LogP contribution in [0.25, 0.3) is 0 Å². The summed E-state index contributed by atoms with van der Waals surface area (Å²) in [6.45, 7) is 4.42. The van der Waals surface area contributed by atoms with E-state index in [2.05, 4.69) is 24.9 Å². The molecule has 0 aromatic carbocycles. The number of hydrogen-bond donors (Lipinski definition) is 1. The van der Waals surface area contributed by atoms with Crippen LogP contribution in [0.4, 0.5) is 5.82 Å². The molecular formula is C12H15N3. The number of nitrogen functional groups attached to an aromatic ring is 1. The molecule has 3 nitrogen and oxygen atoms in total. The van der Waals surface area contributed by atoms with Gasteiger partial charge in [0, 0.05) is 11.6 Å². The topological polar surface area (TPSA) is 62.7 Å². The highest BCUT2D eigenvalue weighted by Gasteiger charge is 2.25. The lowest BCUT2D eigenvalue weighted by molar-refractivity contribution is 0.417. The lowest BCUT2D eigenvalue weighted by Gasteiger charge is -2.27. The van der Waals surface area contributed by atoms with Gasteiger partial charge in [0.15, 0.2) is 0 Å². The Balaban J connectivity index is 2.53. The van der Waals surface area contributed by atoms with Gasteiger partial charge in [-0.2, -0.15) is 5.26 Å². The van der Waals surface area contributed by atoms with Crippen molar-refractivity contribution in [3.05, 3.63) is 22.9 Å². The summed E-state index contributed by atoms with van der Waals surface area (Å²) in [6, 6.07) is 3.99. The van der Waals surface area contributed by atoms with Crippen molar-refractivity contribution in [2.75, 3.05) is 5.73 Å². The summed E-state index contributed by atoms with van der Waals surface area (Å²) in [5.74, 6) is 1.47. The van der Waals surface area contributed by atoms with Gasteiger partial charge >= 0.3 is 0 Å². The lowest BCUT2D eigenvalue weighted by Crippen LogP contribution is -2.18. The molecule has 0 bridgehead atoms. The number of nitrogens with zero attached hydrogens (tertiary/aromatic N) is 2. The summed E-state index contributed by atoms with van der Waals surface area (Å²) in [4.78, 5) is 4.37. The van der Waals surface area contributed by atoms with Crippen molar-refractivity contribution in [3.63, 3.8) is 0 Å². The molecule has 78 valence electrons. The minimum Gasteiger partial charge on any atom is -0.383 e. The predicted octanol–water partition coefficient (Wildman–Crippen LogP) is 2.22. The molecule has 2 rings (SSSR count). The van der Waals surface area contributed by atoms with Crippen molar-refractivity contribution in [1.82, 2.24) is 4.98 Å². The van der Waals surface area contributed by atoms with Gasteiger partial charge in [0.1, 0.15) is 11.9 Å². The molecule has 0 spiro atoms. The number of fused-ring (bicyclic) bond motifs is 1. The average Bonchev–Trinajstić information content (AvgIpc) is 2.24. The summed E-state index contributed by atoms with van der Waals surface area (Å²) in [6.07, 6.45) is 2.19. The van der Waals surface area contributed by atoms with E-state index in [0.717, 1.165) is 12.1 Å². The van der Waals surface area contributed by atoms with E-state index >= 15 is 0 Å². The third-order valence-electron chi connectivity index (χ3n) is 3.44. The van der Waals surface area contributed by atoms with Gasteiger partial charge in [-0.05, 0) is 30.4 Å². The molecular weight excluding hydrogens is 186 g/mol. The normalized spacial score (nSPS) is 24.3. The Kier molecular flexibility index (Phi) is 2.36. The smallest absolute Gasteiger partial charge is 0.141 e. The van der Waals surface area contributed by atoms with Crippen LogP contribution in [0.2, 0.25) is 0 Å². The zero-order valence-electron chi connectivity index (χ0n) is 9.12. The van der Waals surface area contributed by atoms with Gasteiger partial charge in [-0.15, -0.1) is 0 Å². The Morgan fingerprint density at radius 1 is 1.53 bits per heavy atom. The van der Waals surface area contributed by atoms with E-state index in [4.69, 9.17) is 11.0 Å². The molecule has 0 radical (unpaired) electrons. The fourth-order valence-electron chi connectivity index (χ4n) is 2.17. The molecule has 1 aliphatic carbocycles. The standard InChI is InChI=1S/C12H15N3/c1-7-3-4-9-5-10(6-13)12(14)15-11(9)8(7)2/h5,7-8H,3-4H2,1-2H3,(H2,14,15). The molecule has 0 amide bonds. The van der Waals surface area contributed by atoms with Gasteiger partial charge in [-0.1, -0.05) is 13.8 Å². The highest BCUT2D eigenvalue weighted by atomic mass is 14.9. The molecule has 2 atom stereocenters. The Hall–Kier alpha value is -1.56. The van der Waals surface area contributed by atoms with Crippen LogP contribution < -0.4 is 5.73 Å². The summed E-state index contributed by atoms with van der Waals surface area (Å²) < 4.78 is 0. The van der Waals surface area contributed by atoms with Crippen LogP contribution in [0.3, 0.4) is 0 Å². The molecule has 3 heteroatoms. The Bertz CT molecular complexity index is 431. The number of rotatable bonds is 0. The zero-order chi connectivity index (χ0) is 11.0. The minimum atomic E-state index is 0.372. The number of anilines is 1. The SMILES string of the molecule is CC1CCc2cc(C#N)c(N)nc2C1C. The Labute approximate surface area is 89.9 Å². The fraction of sp³-hybridized carbons (Fsp3) is 0.500. The maximum atomic E-state index is 8.87. The van der Waals surface area contributed by atoms with Crippen LogP contribution in [0.1, 0.15) is 43.0 Å². The van der Waals surface area contributed by atoms with Gasteiger partial charge in [0.05, 0.1) is 5.56 Å². The minimum absolute atomic E-state index is 0.372. The molecule has 0 saturated heterocycles. The molecule has 1 aromatic rings. The number of pyridine rings is 1. The summed E-state index contributed by atoms with van der Waals surface area (Å²) in [5, 5.41) is 8.87. The predicted molar refractivity (Wildman–Crippen MR) is 59.3 cm³/mol. The quantitative estimate of drug-likeness (QED) is 0.700. The second kappa shape index (κ2) is 3.54. The second-order valence-corrected chi connectivity index (χ2v) is 4.38. The molecule has 0 aliphatic heterocycles. The van der Waals surface area contributed by atoms with E-state index in [1.54, 1.807) is 0 Å². The number of aryl methyl sites for hydroxylation is 1. The van der Waals surface area contributed by atoms with Crippen molar-refractivity contribution in [1.29, 1.82) is 5.26 Å². The second-order valence-electron chi connectivity index (χ2n) is 4.38. The largest absolute Gasteiger partial charge is 0.383 e. The van der Waals surface area contributed by atoms with E-state index < -0.39 is 0 Å². The molecule has 1 heterocycles. The van der Waals surface area contributed by atoms with E-state index in [9.17, 15) is 0 Å². The van der Waals surface area contributed by atoms with Crippen molar-refractivity contribution >= 4 is 5.82 Å². The average molecular weight is 201 g/mol. The van der Waals surface area contributed by atoms with Crippen molar-refractivity contribution in [3.8, 4) is 6.07 Å². The summed E-state index contributed by atoms with van der Waals surface area (Å²) in [7, 11) is 0. The zero-order valence-corrected chi connectivity index (χ0v) is 9.12. The van der Waals surface area contributed by atoms with Crippen LogP contribution in [0, 0.1) is 17.2 Å². The van der Waals surface area contributed by atoms with Crippen LogP contribution in [-0.4, -0.2) is 4.98 Å². The van der Waals surface area contributed by atoms with Crippen LogP contribution in [0.15, 0.2) is 6.07 Å². The third kappa shape index (κ3) is 1.56. The molecule has 1 aromatic heterocycles. The number of hydrogen-bond acceptors (Lipinski definition) is 3. The Morgan fingerprint density at radius 3 is 2.93 bits per heavy atom. The molecule has 2 unspecified atom stereocenters. The Morgan fingerprint density at radius 2 is 2.27 bits per heavy atom. The van der Waals surface area contributed by atoms with Gasteiger partial charge in [0.25, 0.3) is 0 Å². The first kappa shape index (κ1) is 9.97. The van der Waals surface area contributed by atoms with Crippen LogP contribution in [0.5, 0.6) is 0 Å². The van der Waals surface area contributed by atoms with Crippen molar-refractivity contribution < 1.29 is 0 Å². The van der Waals surface area contributed by atoms with Crippen LogP contribution >= 0.6 is 0 Å².